The minimum atomic E-state index is -5.42. The van der Waals surface area contributed by atoms with E-state index in [-0.39, 0.29) is 18.6 Å². The highest BCUT2D eigenvalue weighted by Gasteiger charge is 2.46. The van der Waals surface area contributed by atoms with Crippen molar-refractivity contribution in [2.75, 3.05) is 0 Å². The van der Waals surface area contributed by atoms with Gasteiger partial charge in [0, 0.05) is 11.8 Å². The molecule has 0 aliphatic rings. The van der Waals surface area contributed by atoms with Gasteiger partial charge in [-0.3, -0.25) is 4.79 Å². The zero-order valence-corrected chi connectivity index (χ0v) is 17.8. The number of aromatic nitrogens is 2. The predicted octanol–water partition coefficient (Wildman–Crippen LogP) is 4.69. The molecule has 3 rings (SSSR count). The van der Waals surface area contributed by atoms with E-state index in [0.29, 0.717) is 27.0 Å². The number of halogens is 4. The summed E-state index contributed by atoms with van der Waals surface area (Å²) in [5, 5.41) is 2.65. The van der Waals surface area contributed by atoms with Crippen LogP contribution in [0.1, 0.15) is 21.3 Å². The van der Waals surface area contributed by atoms with Crippen molar-refractivity contribution in [3.05, 3.63) is 50.9 Å². The third-order valence-corrected chi connectivity index (χ3v) is 7.52. The van der Waals surface area contributed by atoms with Crippen LogP contribution >= 0.6 is 22.7 Å². The van der Waals surface area contributed by atoms with Gasteiger partial charge in [0.2, 0.25) is 0 Å². The highest BCUT2D eigenvalue weighted by atomic mass is 32.2. The molecule has 0 bridgehead atoms. The van der Waals surface area contributed by atoms with E-state index < -0.39 is 26.9 Å². The van der Waals surface area contributed by atoms with Gasteiger partial charge < -0.3 is 0 Å². The molecule has 0 radical (unpaired) electrons. The Labute approximate surface area is 177 Å². The molecule has 160 valence electrons. The van der Waals surface area contributed by atoms with Crippen molar-refractivity contribution in [2.45, 2.75) is 36.8 Å². The molecule has 0 aliphatic carbocycles. The third-order valence-electron chi connectivity index (χ3n) is 4.03. The summed E-state index contributed by atoms with van der Waals surface area (Å²) < 4.78 is 73.2. The number of Topliss-reactive ketones (excluding diaryl/α,β-unsaturated/α-hetero) is 1. The Hall–Kier alpha value is -2.18. The molecule has 12 heteroatoms. The van der Waals surface area contributed by atoms with Gasteiger partial charge in [0.05, 0.1) is 27.6 Å². The molecule has 0 saturated heterocycles. The number of carbonyl (C=O) groups excluding carboxylic acids is 1. The molecule has 0 atom stereocenters. The molecule has 5 nitrogen and oxygen atoms in total. The van der Waals surface area contributed by atoms with Gasteiger partial charge in [0.15, 0.2) is 0 Å². The smallest absolute Gasteiger partial charge is 0.299 e. The van der Waals surface area contributed by atoms with E-state index in [9.17, 15) is 30.8 Å². The SMILES string of the molecule is Cc1nc(CF)sc1-c1csc(CC(=O)Cc2ccc(S(=O)(=O)C(F)(F)F)cc2)n1. The first-order chi connectivity index (χ1) is 14.0. The Morgan fingerprint density at radius 3 is 2.30 bits per heavy atom. The lowest BCUT2D eigenvalue weighted by Gasteiger charge is -2.08. The second-order valence-electron chi connectivity index (χ2n) is 6.27. The molecule has 0 aliphatic heterocycles. The molecule has 0 saturated carbocycles. The van der Waals surface area contributed by atoms with Crippen LogP contribution in [0, 0.1) is 6.92 Å². The van der Waals surface area contributed by atoms with Gasteiger partial charge >= 0.3 is 5.51 Å². The predicted molar refractivity (Wildman–Crippen MR) is 105 cm³/mol. The van der Waals surface area contributed by atoms with Gasteiger partial charge in [0.1, 0.15) is 22.5 Å². The average molecular weight is 479 g/mol. The standard InChI is InChI=1S/C18H14F4N2O3S3/c1-10-17(29-16(8-19)23-10)14-9-28-15(24-14)7-12(25)6-11-2-4-13(5-3-11)30(26,27)18(20,21)22/h2-5,9H,6-8H2,1H3. The summed E-state index contributed by atoms with van der Waals surface area (Å²) in [6.45, 7) is 1.09. The fraction of sp³-hybridized carbons (Fsp3) is 0.278. The van der Waals surface area contributed by atoms with Crippen LogP contribution in [0.3, 0.4) is 0 Å². The molecule has 1 aromatic carbocycles. The van der Waals surface area contributed by atoms with Crippen molar-refractivity contribution in [1.29, 1.82) is 0 Å². The molecule has 2 aromatic heterocycles. The Morgan fingerprint density at radius 2 is 1.73 bits per heavy atom. The number of thiazole rings is 2. The van der Waals surface area contributed by atoms with Crippen LogP contribution in [0.25, 0.3) is 10.6 Å². The number of hydrogen-bond acceptors (Lipinski definition) is 7. The Bertz CT molecular complexity index is 1170. The second kappa shape index (κ2) is 8.52. The molecule has 0 amide bonds. The van der Waals surface area contributed by atoms with Crippen LogP contribution in [-0.2, 0) is 34.1 Å². The Morgan fingerprint density at radius 1 is 1.07 bits per heavy atom. The van der Waals surface area contributed by atoms with E-state index >= 15 is 0 Å². The van der Waals surface area contributed by atoms with Gasteiger partial charge in [-0.1, -0.05) is 12.1 Å². The van der Waals surface area contributed by atoms with Gasteiger partial charge in [0.25, 0.3) is 9.84 Å². The fourth-order valence-electron chi connectivity index (χ4n) is 2.62. The maximum atomic E-state index is 12.8. The third kappa shape index (κ3) is 4.76. The molecule has 3 aromatic rings. The van der Waals surface area contributed by atoms with E-state index in [4.69, 9.17) is 0 Å². The molecular weight excluding hydrogens is 464 g/mol. The number of ketones is 1. The molecule has 0 spiro atoms. The van der Waals surface area contributed by atoms with Crippen molar-refractivity contribution in [3.63, 3.8) is 0 Å². The average Bonchev–Trinajstić information content (AvgIpc) is 3.27. The van der Waals surface area contributed by atoms with Crippen molar-refractivity contribution in [2.24, 2.45) is 0 Å². The number of sulfone groups is 1. The highest BCUT2D eigenvalue weighted by Crippen LogP contribution is 2.32. The summed E-state index contributed by atoms with van der Waals surface area (Å²) in [5.74, 6) is -0.229. The number of rotatable bonds is 7. The van der Waals surface area contributed by atoms with Crippen molar-refractivity contribution < 1.29 is 30.8 Å². The summed E-state index contributed by atoms with van der Waals surface area (Å²) in [6.07, 6.45) is -0.0616. The number of alkyl halides is 4. The Kier molecular flexibility index (Phi) is 6.39. The van der Waals surface area contributed by atoms with Crippen LogP contribution in [-0.4, -0.2) is 29.7 Å². The van der Waals surface area contributed by atoms with E-state index in [1.54, 1.807) is 12.3 Å². The summed E-state index contributed by atoms with van der Waals surface area (Å²) in [4.78, 5) is 20.6. The van der Waals surface area contributed by atoms with Crippen molar-refractivity contribution in [1.82, 2.24) is 9.97 Å². The van der Waals surface area contributed by atoms with E-state index in [0.717, 1.165) is 17.0 Å². The van der Waals surface area contributed by atoms with Crippen LogP contribution in [0.2, 0.25) is 0 Å². The molecule has 0 fully saturated rings. The summed E-state index contributed by atoms with van der Waals surface area (Å²) in [7, 11) is -5.42. The van der Waals surface area contributed by atoms with Gasteiger partial charge in [-0.2, -0.15) is 13.2 Å². The first-order valence-corrected chi connectivity index (χ1v) is 11.6. The maximum Gasteiger partial charge on any atom is 0.501 e. The van der Waals surface area contributed by atoms with Crippen LogP contribution in [0.4, 0.5) is 17.6 Å². The lowest BCUT2D eigenvalue weighted by atomic mass is 10.1. The number of aryl methyl sites for hydroxylation is 1. The van der Waals surface area contributed by atoms with Crippen LogP contribution in [0.15, 0.2) is 34.5 Å². The molecule has 0 unspecified atom stereocenters. The summed E-state index contributed by atoms with van der Waals surface area (Å²) in [5.41, 5.74) is -3.72. The summed E-state index contributed by atoms with van der Waals surface area (Å²) >= 11 is 2.46. The van der Waals surface area contributed by atoms with Gasteiger partial charge in [-0.05, 0) is 24.6 Å². The quantitative estimate of drug-likeness (QED) is 0.461. The number of hydrogen-bond donors (Lipinski definition) is 0. The molecule has 30 heavy (non-hydrogen) atoms. The zero-order valence-electron chi connectivity index (χ0n) is 15.4. The number of benzene rings is 1. The molecule has 0 N–H and O–H groups in total. The minimum absolute atomic E-state index is 0.0150. The monoisotopic (exact) mass is 478 g/mol. The van der Waals surface area contributed by atoms with Crippen LogP contribution < -0.4 is 0 Å². The zero-order chi connectivity index (χ0) is 22.1. The molecular formula is C18H14F4N2O3S3. The maximum absolute atomic E-state index is 12.8. The topological polar surface area (TPSA) is 77.0 Å². The molecule has 2 heterocycles. The van der Waals surface area contributed by atoms with Crippen LogP contribution in [0.5, 0.6) is 0 Å². The lowest BCUT2D eigenvalue weighted by molar-refractivity contribution is -0.117. The largest absolute Gasteiger partial charge is 0.501 e. The lowest BCUT2D eigenvalue weighted by Crippen LogP contribution is -2.23. The van der Waals surface area contributed by atoms with E-state index in [1.165, 1.54) is 34.8 Å². The van der Waals surface area contributed by atoms with E-state index in [2.05, 4.69) is 9.97 Å². The first-order valence-electron chi connectivity index (χ1n) is 8.40. The minimum Gasteiger partial charge on any atom is -0.299 e. The normalized spacial score (nSPS) is 12.3. The van der Waals surface area contributed by atoms with E-state index in [1.807, 2.05) is 0 Å². The van der Waals surface area contributed by atoms with Gasteiger partial charge in [-0.25, -0.2) is 22.8 Å². The second-order valence-corrected chi connectivity index (χ2v) is 10.2. The Balaban J connectivity index is 1.66. The first kappa shape index (κ1) is 22.5. The highest BCUT2D eigenvalue weighted by molar-refractivity contribution is 7.92. The number of nitrogens with zero attached hydrogens (tertiary/aromatic N) is 2. The van der Waals surface area contributed by atoms with Gasteiger partial charge in [-0.15, -0.1) is 22.7 Å². The van der Waals surface area contributed by atoms with Crippen molar-refractivity contribution >= 4 is 38.3 Å². The summed E-state index contributed by atoms with van der Waals surface area (Å²) in [6, 6.07) is 4.04. The number of carbonyl (C=O) groups is 1. The van der Waals surface area contributed by atoms with Crippen molar-refractivity contribution in [3.8, 4) is 10.6 Å². The fourth-order valence-corrected chi connectivity index (χ4v) is 5.15.